The van der Waals surface area contributed by atoms with Crippen LogP contribution in [-0.2, 0) is 6.54 Å². The normalized spacial score (nSPS) is 10.7. The molecule has 1 aromatic heterocycles. The Balaban J connectivity index is 1.82. The minimum Gasteiger partial charge on any atom is -0.497 e. The Hall–Kier alpha value is -4.13. The lowest BCUT2D eigenvalue weighted by Crippen LogP contribution is -2.24. The van der Waals surface area contributed by atoms with Crippen LogP contribution in [0.25, 0.3) is 22.4 Å². The number of halogens is 1. The third-order valence-corrected chi connectivity index (χ3v) is 5.31. The standard InChI is InChI=1S/C26H23FN2O4/c1-31-20-9-5-18(6-10-20)22-15-25(30)29(16-17-4-13-24(33-3)23(27)14-17)28-26(22)19-7-11-21(32-2)12-8-19/h4-15H,16H2,1-3H3. The fraction of sp³-hybridized carbons (Fsp3) is 0.154. The molecule has 33 heavy (non-hydrogen) atoms. The lowest BCUT2D eigenvalue weighted by atomic mass is 10.00. The van der Waals surface area contributed by atoms with Crippen molar-refractivity contribution in [3.05, 3.63) is 94.5 Å². The molecule has 3 aromatic carbocycles. The number of hydrogen-bond donors (Lipinski definition) is 0. The molecule has 0 bridgehead atoms. The highest BCUT2D eigenvalue weighted by molar-refractivity contribution is 5.80. The number of hydrogen-bond acceptors (Lipinski definition) is 5. The van der Waals surface area contributed by atoms with Crippen LogP contribution < -0.4 is 19.8 Å². The molecule has 0 unspecified atom stereocenters. The van der Waals surface area contributed by atoms with Crippen molar-refractivity contribution in [2.45, 2.75) is 6.54 Å². The van der Waals surface area contributed by atoms with Crippen molar-refractivity contribution >= 4 is 0 Å². The van der Waals surface area contributed by atoms with Crippen LogP contribution in [0, 0.1) is 5.82 Å². The third kappa shape index (κ3) is 4.72. The van der Waals surface area contributed by atoms with Crippen LogP contribution >= 0.6 is 0 Å². The Labute approximate surface area is 190 Å². The molecular weight excluding hydrogens is 423 g/mol. The van der Waals surface area contributed by atoms with Crippen LogP contribution in [0.2, 0.25) is 0 Å². The van der Waals surface area contributed by atoms with Crippen molar-refractivity contribution in [1.29, 1.82) is 0 Å². The average Bonchev–Trinajstić information content (AvgIpc) is 2.85. The minimum absolute atomic E-state index is 0.117. The number of rotatable bonds is 7. The number of nitrogens with zero attached hydrogens (tertiary/aromatic N) is 2. The zero-order valence-electron chi connectivity index (χ0n) is 18.5. The van der Waals surface area contributed by atoms with Crippen LogP contribution in [0.4, 0.5) is 4.39 Å². The summed E-state index contributed by atoms with van der Waals surface area (Å²) in [6.07, 6.45) is 0. The fourth-order valence-corrected chi connectivity index (χ4v) is 3.54. The van der Waals surface area contributed by atoms with E-state index in [4.69, 9.17) is 14.2 Å². The Kier molecular flexibility index (Phi) is 6.40. The highest BCUT2D eigenvalue weighted by atomic mass is 19.1. The van der Waals surface area contributed by atoms with Crippen molar-refractivity contribution in [3.63, 3.8) is 0 Å². The molecule has 4 aromatic rings. The fourth-order valence-electron chi connectivity index (χ4n) is 3.54. The molecule has 6 nitrogen and oxygen atoms in total. The van der Waals surface area contributed by atoms with Gasteiger partial charge in [-0.3, -0.25) is 4.79 Å². The first kappa shape index (κ1) is 22.1. The molecule has 0 saturated carbocycles. The minimum atomic E-state index is -0.492. The van der Waals surface area contributed by atoms with Gasteiger partial charge in [0.05, 0.1) is 33.6 Å². The summed E-state index contributed by atoms with van der Waals surface area (Å²) in [5, 5.41) is 4.66. The van der Waals surface area contributed by atoms with Gasteiger partial charge in [0.25, 0.3) is 5.56 Å². The van der Waals surface area contributed by atoms with E-state index in [0.29, 0.717) is 28.3 Å². The maximum absolute atomic E-state index is 14.2. The molecule has 1 heterocycles. The van der Waals surface area contributed by atoms with E-state index in [0.717, 1.165) is 11.1 Å². The number of ether oxygens (including phenoxy) is 3. The molecule has 0 N–H and O–H groups in total. The van der Waals surface area contributed by atoms with E-state index < -0.39 is 5.82 Å². The van der Waals surface area contributed by atoms with Gasteiger partial charge < -0.3 is 14.2 Å². The summed E-state index contributed by atoms with van der Waals surface area (Å²) in [4.78, 5) is 13.0. The first-order valence-electron chi connectivity index (χ1n) is 10.3. The molecule has 168 valence electrons. The van der Waals surface area contributed by atoms with Gasteiger partial charge >= 0.3 is 0 Å². The second-order valence-corrected chi connectivity index (χ2v) is 7.33. The number of aromatic nitrogens is 2. The summed E-state index contributed by atoms with van der Waals surface area (Å²) in [5.74, 6) is 1.08. The van der Waals surface area contributed by atoms with Gasteiger partial charge in [-0.1, -0.05) is 18.2 Å². The molecular formula is C26H23FN2O4. The average molecular weight is 446 g/mol. The lowest BCUT2D eigenvalue weighted by molar-refractivity contribution is 0.386. The molecule has 0 saturated heterocycles. The van der Waals surface area contributed by atoms with Gasteiger partial charge in [0.2, 0.25) is 0 Å². The van der Waals surface area contributed by atoms with E-state index in [1.54, 1.807) is 26.4 Å². The predicted molar refractivity (Wildman–Crippen MR) is 125 cm³/mol. The maximum atomic E-state index is 14.2. The molecule has 0 fully saturated rings. The Morgan fingerprint density at radius 1 is 0.788 bits per heavy atom. The van der Waals surface area contributed by atoms with E-state index in [2.05, 4.69) is 5.10 Å². The third-order valence-electron chi connectivity index (χ3n) is 5.31. The molecule has 0 aliphatic carbocycles. The van der Waals surface area contributed by atoms with Crippen molar-refractivity contribution in [3.8, 4) is 39.6 Å². The quantitative estimate of drug-likeness (QED) is 0.409. The first-order chi connectivity index (χ1) is 16.0. The van der Waals surface area contributed by atoms with Crippen LogP contribution in [-0.4, -0.2) is 31.1 Å². The van der Waals surface area contributed by atoms with Crippen molar-refractivity contribution in [2.24, 2.45) is 0 Å². The largest absolute Gasteiger partial charge is 0.497 e. The van der Waals surface area contributed by atoms with E-state index >= 15 is 0 Å². The maximum Gasteiger partial charge on any atom is 0.267 e. The summed E-state index contributed by atoms with van der Waals surface area (Å²) in [6, 6.07) is 21.0. The van der Waals surface area contributed by atoms with Crippen LogP contribution in [0.1, 0.15) is 5.56 Å². The molecule has 0 amide bonds. The Morgan fingerprint density at radius 3 is 1.94 bits per heavy atom. The van der Waals surface area contributed by atoms with E-state index in [9.17, 15) is 9.18 Å². The monoisotopic (exact) mass is 446 g/mol. The van der Waals surface area contributed by atoms with Gasteiger partial charge in [-0.15, -0.1) is 0 Å². The lowest BCUT2D eigenvalue weighted by Gasteiger charge is -2.14. The molecule has 7 heteroatoms. The van der Waals surface area contributed by atoms with E-state index in [-0.39, 0.29) is 17.9 Å². The zero-order valence-corrected chi connectivity index (χ0v) is 18.5. The van der Waals surface area contributed by atoms with Gasteiger partial charge in [-0.2, -0.15) is 5.10 Å². The van der Waals surface area contributed by atoms with E-state index in [1.807, 2.05) is 48.5 Å². The summed E-state index contributed by atoms with van der Waals surface area (Å²) < 4.78 is 31.0. The summed E-state index contributed by atoms with van der Waals surface area (Å²) in [7, 11) is 4.61. The van der Waals surface area contributed by atoms with Crippen LogP contribution in [0.15, 0.2) is 77.6 Å². The van der Waals surface area contributed by atoms with Crippen LogP contribution in [0.3, 0.4) is 0 Å². The van der Waals surface area contributed by atoms with Crippen molar-refractivity contribution in [1.82, 2.24) is 9.78 Å². The molecule has 4 rings (SSSR count). The van der Waals surface area contributed by atoms with E-state index in [1.165, 1.54) is 23.9 Å². The zero-order chi connectivity index (χ0) is 23.4. The first-order valence-corrected chi connectivity index (χ1v) is 10.3. The second-order valence-electron chi connectivity index (χ2n) is 7.33. The highest BCUT2D eigenvalue weighted by Crippen LogP contribution is 2.31. The highest BCUT2D eigenvalue weighted by Gasteiger charge is 2.15. The summed E-state index contributed by atoms with van der Waals surface area (Å²) in [5.41, 5.74) is 3.25. The predicted octanol–water partition coefficient (Wildman–Crippen LogP) is 4.79. The van der Waals surface area contributed by atoms with Gasteiger partial charge in [-0.25, -0.2) is 9.07 Å². The van der Waals surface area contributed by atoms with Crippen LogP contribution in [0.5, 0.6) is 17.2 Å². The number of methoxy groups -OCH3 is 3. The molecule has 0 aliphatic rings. The SMILES string of the molecule is COc1ccc(-c2cc(=O)n(Cc3ccc(OC)c(F)c3)nc2-c2ccc(OC)cc2)cc1. The van der Waals surface area contributed by atoms with Gasteiger partial charge in [0.15, 0.2) is 11.6 Å². The topological polar surface area (TPSA) is 62.6 Å². The van der Waals surface area contributed by atoms with Gasteiger partial charge in [0, 0.05) is 17.2 Å². The summed E-state index contributed by atoms with van der Waals surface area (Å²) >= 11 is 0. The Bertz CT molecular complexity index is 1320. The molecule has 0 spiro atoms. The molecule has 0 radical (unpaired) electrons. The van der Waals surface area contributed by atoms with Gasteiger partial charge in [0.1, 0.15) is 11.5 Å². The molecule has 0 atom stereocenters. The van der Waals surface area contributed by atoms with Crippen molar-refractivity contribution in [2.75, 3.05) is 21.3 Å². The second kappa shape index (κ2) is 9.56. The number of benzene rings is 3. The summed E-state index contributed by atoms with van der Waals surface area (Å²) in [6.45, 7) is 0.117. The molecule has 0 aliphatic heterocycles. The Morgan fingerprint density at radius 2 is 1.39 bits per heavy atom. The van der Waals surface area contributed by atoms with Gasteiger partial charge in [-0.05, 0) is 59.7 Å². The van der Waals surface area contributed by atoms with Crippen molar-refractivity contribution < 1.29 is 18.6 Å². The smallest absolute Gasteiger partial charge is 0.267 e.